The van der Waals surface area contributed by atoms with Crippen LogP contribution < -0.4 is 0 Å². The maximum Gasteiger partial charge on any atom is 0.129 e. The van der Waals surface area contributed by atoms with Crippen molar-refractivity contribution in [3.63, 3.8) is 0 Å². The van der Waals surface area contributed by atoms with Crippen molar-refractivity contribution in [3.05, 3.63) is 144 Å². The van der Waals surface area contributed by atoms with Crippen LogP contribution in [0.25, 0.3) is 0 Å². The van der Waals surface area contributed by atoms with Gasteiger partial charge in [-0.25, -0.2) is 0 Å². The molecule has 0 saturated carbocycles. The zero-order valence-electron chi connectivity index (χ0n) is 22.4. The van der Waals surface area contributed by atoms with Crippen LogP contribution in [0, 0.1) is 0 Å². The number of benzene rings is 4. The van der Waals surface area contributed by atoms with Gasteiger partial charge in [0.1, 0.15) is 25.2 Å². The normalized spacial score (nSPS) is 13.8. The molecule has 0 bridgehead atoms. The third kappa shape index (κ3) is 6.72. The number of hydrogen-bond donors (Lipinski definition) is 0. The van der Waals surface area contributed by atoms with Crippen LogP contribution in [0.3, 0.4) is 0 Å². The monoisotopic (exact) mass is 478 g/mol. The molecule has 36 heavy (non-hydrogen) atoms. The first-order valence-corrected chi connectivity index (χ1v) is 13.2. The lowest BCUT2D eigenvalue weighted by molar-refractivity contribution is -0.974. The van der Waals surface area contributed by atoms with Gasteiger partial charge < -0.3 is 8.97 Å². The molecule has 0 fully saturated rings. The Morgan fingerprint density at radius 2 is 0.694 bits per heavy atom. The zero-order chi connectivity index (χ0) is 25.4. The topological polar surface area (TPSA) is 0 Å². The summed E-state index contributed by atoms with van der Waals surface area (Å²) in [7, 11) is 9.65. The van der Waals surface area contributed by atoms with Gasteiger partial charge in [0.25, 0.3) is 0 Å². The molecule has 0 aliphatic carbocycles. The number of likely N-dealkylation sites (N-methyl/N-ethyl adjacent to an activating group) is 2. The molecule has 0 aliphatic rings. The molecule has 4 rings (SSSR count). The fourth-order valence-corrected chi connectivity index (χ4v) is 5.39. The molecule has 0 aliphatic heterocycles. The Kier molecular flexibility index (Phi) is 8.40. The highest BCUT2D eigenvalue weighted by molar-refractivity contribution is 5.24. The lowest BCUT2D eigenvalue weighted by Gasteiger charge is -2.44. The van der Waals surface area contributed by atoms with Gasteiger partial charge in [-0.2, -0.15) is 0 Å². The Labute approximate surface area is 218 Å². The van der Waals surface area contributed by atoms with Crippen LogP contribution >= 0.6 is 0 Å². The molecule has 186 valence electrons. The van der Waals surface area contributed by atoms with E-state index in [1.807, 2.05) is 0 Å². The average molecular weight is 479 g/mol. The smallest absolute Gasteiger partial charge is 0.129 e. The van der Waals surface area contributed by atoms with Crippen molar-refractivity contribution in [2.75, 3.05) is 41.3 Å². The molecule has 0 saturated heterocycles. The van der Waals surface area contributed by atoms with Crippen LogP contribution in [0.2, 0.25) is 0 Å². The third-order valence-electron chi connectivity index (χ3n) is 7.85. The Morgan fingerprint density at radius 3 is 1.00 bits per heavy atom. The van der Waals surface area contributed by atoms with Crippen LogP contribution in [-0.2, 0) is 12.8 Å². The lowest BCUT2D eigenvalue weighted by atomic mass is 9.94. The van der Waals surface area contributed by atoms with Gasteiger partial charge in [-0.15, -0.1) is 0 Å². The highest BCUT2D eigenvalue weighted by Gasteiger charge is 2.36. The second-order valence-corrected chi connectivity index (χ2v) is 11.2. The van der Waals surface area contributed by atoms with Crippen molar-refractivity contribution in [2.45, 2.75) is 24.9 Å². The first-order valence-electron chi connectivity index (χ1n) is 13.2. The van der Waals surface area contributed by atoms with Crippen molar-refractivity contribution in [1.29, 1.82) is 0 Å². The van der Waals surface area contributed by atoms with Crippen LogP contribution in [-0.4, -0.2) is 50.2 Å². The van der Waals surface area contributed by atoms with E-state index in [-0.39, 0.29) is 0 Å². The molecule has 0 spiro atoms. The number of quaternary nitrogens is 2. The summed E-state index contributed by atoms with van der Waals surface area (Å²) in [5.74, 6) is 0. The van der Waals surface area contributed by atoms with Gasteiger partial charge in [-0.05, 0) is 11.1 Å². The van der Waals surface area contributed by atoms with Gasteiger partial charge in [0.05, 0.1) is 28.2 Å². The summed E-state index contributed by atoms with van der Waals surface area (Å²) in [6, 6.07) is 44.9. The minimum absolute atomic E-state index is 0.401. The predicted molar refractivity (Wildman–Crippen MR) is 153 cm³/mol. The molecule has 0 N–H and O–H groups in total. The first kappa shape index (κ1) is 25.9. The molecule has 2 atom stereocenters. The van der Waals surface area contributed by atoms with Gasteiger partial charge in [0.15, 0.2) is 0 Å². The van der Waals surface area contributed by atoms with E-state index in [1.165, 1.54) is 22.3 Å². The fourth-order valence-electron chi connectivity index (χ4n) is 5.39. The van der Waals surface area contributed by atoms with E-state index in [0.29, 0.717) is 12.1 Å². The number of nitrogens with zero attached hydrogens (tertiary/aromatic N) is 2. The summed E-state index contributed by atoms with van der Waals surface area (Å²) < 4.78 is 1.90. The summed E-state index contributed by atoms with van der Waals surface area (Å²) in [5.41, 5.74) is 5.64. The van der Waals surface area contributed by atoms with Gasteiger partial charge in [0.2, 0.25) is 0 Å². The fraction of sp³-hybridized carbons (Fsp3) is 0.294. The van der Waals surface area contributed by atoms with E-state index in [1.54, 1.807) is 0 Å². The maximum absolute atomic E-state index is 2.41. The summed E-state index contributed by atoms with van der Waals surface area (Å²) in [6.45, 7) is 2.19. The number of hydrogen-bond acceptors (Lipinski definition) is 0. The van der Waals surface area contributed by atoms with Gasteiger partial charge >= 0.3 is 0 Å². The van der Waals surface area contributed by atoms with E-state index in [9.17, 15) is 0 Å². The Hall–Kier alpha value is -3.20. The molecule has 4 aromatic carbocycles. The number of rotatable bonds is 11. The SMILES string of the molecule is C[N+](C)(CC[N+](C)(C)[C@@H](Cc1ccccc1)c1ccccc1)[C@@H](Cc1ccccc1)c1ccccc1. The van der Waals surface area contributed by atoms with Crippen molar-refractivity contribution in [2.24, 2.45) is 0 Å². The third-order valence-corrected chi connectivity index (χ3v) is 7.85. The summed E-state index contributed by atoms with van der Waals surface area (Å²) in [6.07, 6.45) is 2.08. The van der Waals surface area contributed by atoms with Gasteiger partial charge in [-0.1, -0.05) is 121 Å². The maximum atomic E-state index is 2.41. The summed E-state index contributed by atoms with van der Waals surface area (Å²) in [4.78, 5) is 0. The molecule has 2 nitrogen and oxygen atoms in total. The largest absolute Gasteiger partial charge is 0.317 e. The quantitative estimate of drug-likeness (QED) is 0.202. The predicted octanol–water partition coefficient (Wildman–Crippen LogP) is 7.11. The van der Waals surface area contributed by atoms with E-state index >= 15 is 0 Å². The molecular weight excluding hydrogens is 436 g/mol. The second kappa shape index (κ2) is 11.7. The second-order valence-electron chi connectivity index (χ2n) is 11.2. The van der Waals surface area contributed by atoms with Crippen LogP contribution in [0.15, 0.2) is 121 Å². The molecule has 0 amide bonds. The van der Waals surface area contributed by atoms with Crippen molar-refractivity contribution in [1.82, 2.24) is 0 Å². The van der Waals surface area contributed by atoms with Crippen LogP contribution in [0.4, 0.5) is 0 Å². The molecular formula is C34H42N2+2. The van der Waals surface area contributed by atoms with E-state index < -0.39 is 0 Å². The molecule has 0 heterocycles. The van der Waals surface area contributed by atoms with Gasteiger partial charge in [-0.3, -0.25) is 0 Å². The Morgan fingerprint density at radius 1 is 0.417 bits per heavy atom. The standard InChI is InChI=1S/C34H42N2/c1-35(2,33(31-21-13-7-14-22-31)27-29-17-9-5-10-18-29)25-26-36(3,4)34(32-23-15-8-16-24-32)28-30-19-11-6-12-20-30/h5-24,33-34H,25-28H2,1-4H3/q+2/t33-,34-/m0/s1. The van der Waals surface area contributed by atoms with E-state index in [0.717, 1.165) is 34.9 Å². The zero-order valence-corrected chi connectivity index (χ0v) is 22.4. The summed E-state index contributed by atoms with van der Waals surface area (Å²) in [5, 5.41) is 0. The highest BCUT2D eigenvalue weighted by atomic mass is 15.4. The Bertz CT molecular complexity index is 1070. The van der Waals surface area contributed by atoms with E-state index in [4.69, 9.17) is 0 Å². The van der Waals surface area contributed by atoms with Crippen molar-refractivity contribution >= 4 is 0 Å². The average Bonchev–Trinajstić information content (AvgIpc) is 2.91. The highest BCUT2D eigenvalue weighted by Crippen LogP contribution is 2.32. The molecule has 0 radical (unpaired) electrons. The van der Waals surface area contributed by atoms with Crippen LogP contribution in [0.5, 0.6) is 0 Å². The molecule has 4 aromatic rings. The minimum Gasteiger partial charge on any atom is -0.317 e. The van der Waals surface area contributed by atoms with Crippen LogP contribution in [0.1, 0.15) is 34.3 Å². The van der Waals surface area contributed by atoms with Crippen molar-refractivity contribution < 1.29 is 8.97 Å². The van der Waals surface area contributed by atoms with E-state index in [2.05, 4.69) is 150 Å². The molecule has 2 heteroatoms. The van der Waals surface area contributed by atoms with Gasteiger partial charge in [0, 0.05) is 24.0 Å². The molecule has 0 aromatic heterocycles. The lowest BCUT2D eigenvalue weighted by Crippen LogP contribution is -2.54. The molecule has 0 unspecified atom stereocenters. The first-order chi connectivity index (χ1) is 17.4. The summed E-state index contributed by atoms with van der Waals surface area (Å²) >= 11 is 0. The Balaban J connectivity index is 1.58. The van der Waals surface area contributed by atoms with Crippen molar-refractivity contribution in [3.8, 4) is 0 Å². The minimum atomic E-state index is 0.401.